The minimum atomic E-state index is -4.09. The van der Waals surface area contributed by atoms with Crippen molar-refractivity contribution in [1.29, 1.82) is 0 Å². The van der Waals surface area contributed by atoms with Crippen LogP contribution in [0.2, 0.25) is 0 Å². The highest BCUT2D eigenvalue weighted by Crippen LogP contribution is 2.62. The van der Waals surface area contributed by atoms with Crippen LogP contribution in [0.1, 0.15) is 51.4 Å². The van der Waals surface area contributed by atoms with Gasteiger partial charge in [0.05, 0.1) is 36.9 Å². The van der Waals surface area contributed by atoms with E-state index in [9.17, 15) is 18.0 Å². The van der Waals surface area contributed by atoms with Gasteiger partial charge < -0.3 is 14.2 Å². The highest BCUT2D eigenvalue weighted by atomic mass is 32.2. The van der Waals surface area contributed by atoms with Crippen molar-refractivity contribution in [3.63, 3.8) is 0 Å². The second kappa shape index (κ2) is 7.40. The number of carbonyl (C=O) groups is 2. The minimum Gasteiger partial charge on any atom is -0.465 e. The van der Waals surface area contributed by atoms with Crippen molar-refractivity contribution in [1.82, 2.24) is 0 Å². The van der Waals surface area contributed by atoms with Crippen molar-refractivity contribution in [3.05, 3.63) is 0 Å². The molecule has 1 saturated heterocycles. The average molecular weight is 469 g/mol. The number of carbonyl (C=O) groups excluding carboxylic acids is 2. The maximum atomic E-state index is 12.9. The van der Waals surface area contributed by atoms with E-state index >= 15 is 0 Å². The standard InChI is InChI=1S/C23H32O8S/c24-21(29-2-1-3-32(26,27)28)17-15-7-16-18(17)22(25)31-20(16)19(15)30-11-23-8-12-4-13(9-23)6-14(5-12)10-23/h12-20H,1-11H2,(H,26,27,28). The summed E-state index contributed by atoms with van der Waals surface area (Å²) in [5, 5.41) is 0. The lowest BCUT2D eigenvalue weighted by molar-refractivity contribution is -0.161. The van der Waals surface area contributed by atoms with Crippen LogP contribution in [0.5, 0.6) is 0 Å². The Morgan fingerprint density at radius 3 is 2.34 bits per heavy atom. The molecule has 32 heavy (non-hydrogen) atoms. The third kappa shape index (κ3) is 3.50. The summed E-state index contributed by atoms with van der Waals surface area (Å²) in [4.78, 5) is 25.4. The van der Waals surface area contributed by atoms with Crippen molar-refractivity contribution < 1.29 is 36.8 Å². The average Bonchev–Trinajstić information content (AvgIpc) is 3.30. The molecule has 9 heteroatoms. The van der Waals surface area contributed by atoms with Gasteiger partial charge in [-0.25, -0.2) is 0 Å². The van der Waals surface area contributed by atoms with E-state index in [4.69, 9.17) is 18.8 Å². The predicted octanol–water partition coefficient (Wildman–Crippen LogP) is 2.22. The fraction of sp³-hybridized carbons (Fsp3) is 0.913. The fourth-order valence-corrected chi connectivity index (χ4v) is 9.27. The van der Waals surface area contributed by atoms with Crippen molar-refractivity contribution >= 4 is 22.1 Å². The number of hydrogen-bond donors (Lipinski definition) is 1. The van der Waals surface area contributed by atoms with Gasteiger partial charge in [-0.3, -0.25) is 14.1 Å². The zero-order chi connectivity index (χ0) is 22.3. The van der Waals surface area contributed by atoms with Crippen molar-refractivity contribution in [2.45, 2.75) is 63.6 Å². The van der Waals surface area contributed by atoms with Gasteiger partial charge in [-0.1, -0.05) is 0 Å². The summed E-state index contributed by atoms with van der Waals surface area (Å²) in [6.45, 7) is 0.593. The Hall–Kier alpha value is -1.19. The lowest BCUT2D eigenvalue weighted by Gasteiger charge is -2.57. The third-order valence-corrected chi connectivity index (χ3v) is 10.2. The first kappa shape index (κ1) is 21.4. The van der Waals surface area contributed by atoms with Crippen LogP contribution >= 0.6 is 0 Å². The van der Waals surface area contributed by atoms with Crippen LogP contribution in [0.4, 0.5) is 0 Å². The van der Waals surface area contributed by atoms with Crippen LogP contribution in [-0.4, -0.2) is 56.1 Å². The van der Waals surface area contributed by atoms with Crippen LogP contribution in [0, 0.1) is 46.8 Å². The second-order valence-electron chi connectivity index (χ2n) is 11.5. The Labute approximate surface area is 188 Å². The maximum Gasteiger partial charge on any atom is 0.310 e. The summed E-state index contributed by atoms with van der Waals surface area (Å²) in [5.41, 5.74) is 0.254. The smallest absolute Gasteiger partial charge is 0.310 e. The van der Waals surface area contributed by atoms with Gasteiger partial charge in [0.15, 0.2) is 0 Å². The van der Waals surface area contributed by atoms with E-state index in [1.165, 1.54) is 38.5 Å². The number of esters is 2. The number of ether oxygens (including phenoxy) is 3. The predicted molar refractivity (Wildman–Crippen MR) is 111 cm³/mol. The molecule has 7 rings (SSSR count). The topological polar surface area (TPSA) is 116 Å². The lowest BCUT2D eigenvalue weighted by atomic mass is 9.50. The molecule has 6 unspecified atom stereocenters. The number of fused-ring (bicyclic) bond motifs is 1. The van der Waals surface area contributed by atoms with Crippen molar-refractivity contribution in [2.75, 3.05) is 19.0 Å². The SMILES string of the molecule is O=C(OCCCS(=O)(=O)O)C1C2CC3C(OC(=O)C31)C2OCC12CC3CC(CC(C3)C1)C2. The minimum absolute atomic E-state index is 0.00392. The molecule has 1 aliphatic heterocycles. The zero-order valence-corrected chi connectivity index (χ0v) is 19.0. The quantitative estimate of drug-likeness (QED) is 0.327. The summed E-state index contributed by atoms with van der Waals surface area (Å²) < 4.78 is 48.1. The molecular weight excluding hydrogens is 436 g/mol. The third-order valence-electron chi connectivity index (χ3n) is 9.36. The highest BCUT2D eigenvalue weighted by molar-refractivity contribution is 7.85. The molecule has 6 atom stereocenters. The lowest BCUT2D eigenvalue weighted by Crippen LogP contribution is -2.50. The molecule has 7 fully saturated rings. The van der Waals surface area contributed by atoms with E-state index in [1.54, 1.807) is 0 Å². The molecule has 0 aromatic carbocycles. The molecule has 6 bridgehead atoms. The molecule has 7 aliphatic rings. The van der Waals surface area contributed by atoms with E-state index < -0.39 is 33.7 Å². The second-order valence-corrected chi connectivity index (χ2v) is 13.1. The monoisotopic (exact) mass is 468 g/mol. The van der Waals surface area contributed by atoms with Gasteiger partial charge in [0.25, 0.3) is 10.1 Å². The number of rotatable bonds is 8. The maximum absolute atomic E-state index is 12.9. The molecule has 6 saturated carbocycles. The Morgan fingerprint density at radius 2 is 1.72 bits per heavy atom. The fourth-order valence-electron chi connectivity index (χ4n) is 8.78. The Morgan fingerprint density at radius 1 is 1.06 bits per heavy atom. The molecule has 178 valence electrons. The van der Waals surface area contributed by atoms with E-state index in [2.05, 4.69) is 0 Å². The molecule has 0 radical (unpaired) electrons. The van der Waals surface area contributed by atoms with E-state index in [0.29, 0.717) is 6.61 Å². The van der Waals surface area contributed by atoms with Gasteiger partial charge in [0, 0.05) is 11.8 Å². The molecule has 0 amide bonds. The van der Waals surface area contributed by atoms with Gasteiger partial charge in [-0.05, 0) is 74.5 Å². The molecular formula is C23H32O8S. The van der Waals surface area contributed by atoms with E-state index in [0.717, 1.165) is 24.2 Å². The summed E-state index contributed by atoms with van der Waals surface area (Å²) in [7, 11) is -4.09. The normalized spacial score (nSPS) is 47.8. The van der Waals surface area contributed by atoms with E-state index in [1.807, 2.05) is 0 Å². The van der Waals surface area contributed by atoms with Gasteiger partial charge in [0.1, 0.15) is 6.10 Å². The Bertz CT molecular complexity index is 878. The molecule has 8 nitrogen and oxygen atoms in total. The van der Waals surface area contributed by atoms with Crippen LogP contribution in [0.15, 0.2) is 0 Å². The van der Waals surface area contributed by atoms with Gasteiger partial charge in [-0.2, -0.15) is 8.42 Å². The first-order chi connectivity index (χ1) is 15.2. The summed E-state index contributed by atoms with van der Waals surface area (Å²) in [6, 6.07) is 0. The molecule has 6 aliphatic carbocycles. The van der Waals surface area contributed by atoms with Gasteiger partial charge in [0.2, 0.25) is 0 Å². The Kier molecular flexibility index (Phi) is 4.94. The van der Waals surface area contributed by atoms with Crippen LogP contribution in [0.3, 0.4) is 0 Å². The molecule has 0 aromatic heterocycles. The Balaban J connectivity index is 1.12. The van der Waals surface area contributed by atoms with Crippen molar-refractivity contribution in [3.8, 4) is 0 Å². The highest BCUT2D eigenvalue weighted by Gasteiger charge is 2.69. The first-order valence-electron chi connectivity index (χ1n) is 12.2. The summed E-state index contributed by atoms with van der Waals surface area (Å²) in [5.74, 6) is 0.103. The molecule has 0 aromatic rings. The summed E-state index contributed by atoms with van der Waals surface area (Å²) in [6.07, 6.45) is 8.10. The largest absolute Gasteiger partial charge is 0.465 e. The molecule has 1 N–H and O–H groups in total. The molecule has 1 heterocycles. The number of hydrogen-bond acceptors (Lipinski definition) is 7. The molecule has 0 spiro atoms. The van der Waals surface area contributed by atoms with Crippen LogP contribution < -0.4 is 0 Å². The van der Waals surface area contributed by atoms with Gasteiger partial charge in [-0.15, -0.1) is 0 Å². The van der Waals surface area contributed by atoms with E-state index in [-0.39, 0.29) is 48.5 Å². The zero-order valence-electron chi connectivity index (χ0n) is 18.2. The van der Waals surface area contributed by atoms with Crippen LogP contribution in [-0.2, 0) is 33.9 Å². The summed E-state index contributed by atoms with van der Waals surface area (Å²) >= 11 is 0. The van der Waals surface area contributed by atoms with Gasteiger partial charge >= 0.3 is 11.9 Å². The van der Waals surface area contributed by atoms with Crippen molar-refractivity contribution in [2.24, 2.45) is 46.8 Å². The first-order valence-corrected chi connectivity index (χ1v) is 13.8. The van der Waals surface area contributed by atoms with Crippen LogP contribution in [0.25, 0.3) is 0 Å².